The topological polar surface area (TPSA) is 75.4 Å². The van der Waals surface area contributed by atoms with Gasteiger partial charge in [-0.05, 0) is 32.6 Å². The highest BCUT2D eigenvalue weighted by Gasteiger charge is 2.24. The van der Waals surface area contributed by atoms with Gasteiger partial charge in [-0.1, -0.05) is 6.92 Å². The SMILES string of the molecule is CC(N)C(C)C(=O)NC1CCC(O)CC1. The van der Waals surface area contributed by atoms with Crippen LogP contribution in [0.1, 0.15) is 39.5 Å². The van der Waals surface area contributed by atoms with Crippen LogP contribution in [-0.4, -0.2) is 29.2 Å². The first-order chi connectivity index (χ1) is 7.00. The van der Waals surface area contributed by atoms with E-state index in [9.17, 15) is 9.90 Å². The summed E-state index contributed by atoms with van der Waals surface area (Å²) in [5.74, 6) is -0.108. The van der Waals surface area contributed by atoms with E-state index in [4.69, 9.17) is 5.73 Å². The zero-order valence-electron chi connectivity index (χ0n) is 9.57. The van der Waals surface area contributed by atoms with E-state index in [-0.39, 0.29) is 30.0 Å². The maximum absolute atomic E-state index is 11.7. The number of rotatable bonds is 3. The van der Waals surface area contributed by atoms with E-state index in [2.05, 4.69) is 5.32 Å². The molecule has 1 saturated carbocycles. The third-order valence-corrected chi connectivity index (χ3v) is 3.25. The summed E-state index contributed by atoms with van der Waals surface area (Å²) in [6.45, 7) is 3.69. The summed E-state index contributed by atoms with van der Waals surface area (Å²) >= 11 is 0. The molecule has 1 aliphatic carbocycles. The van der Waals surface area contributed by atoms with Crippen LogP contribution in [0, 0.1) is 5.92 Å². The van der Waals surface area contributed by atoms with Crippen LogP contribution in [0.2, 0.25) is 0 Å². The lowest BCUT2D eigenvalue weighted by Gasteiger charge is -2.27. The van der Waals surface area contributed by atoms with Gasteiger partial charge in [-0.3, -0.25) is 4.79 Å². The fourth-order valence-electron chi connectivity index (χ4n) is 1.79. The fraction of sp³-hybridized carbons (Fsp3) is 0.909. The fourth-order valence-corrected chi connectivity index (χ4v) is 1.79. The van der Waals surface area contributed by atoms with Crippen LogP contribution < -0.4 is 11.1 Å². The molecule has 2 atom stereocenters. The van der Waals surface area contributed by atoms with Crippen LogP contribution in [0.25, 0.3) is 0 Å². The Kier molecular flexibility index (Phi) is 4.54. The maximum Gasteiger partial charge on any atom is 0.224 e. The van der Waals surface area contributed by atoms with Gasteiger partial charge in [-0.15, -0.1) is 0 Å². The van der Waals surface area contributed by atoms with Gasteiger partial charge in [0.25, 0.3) is 0 Å². The second-order valence-corrected chi connectivity index (χ2v) is 4.66. The summed E-state index contributed by atoms with van der Waals surface area (Å²) in [7, 11) is 0. The van der Waals surface area contributed by atoms with Crippen molar-refractivity contribution >= 4 is 5.91 Å². The molecule has 1 amide bonds. The summed E-state index contributed by atoms with van der Waals surface area (Å²) in [5, 5.41) is 12.3. The molecule has 4 heteroatoms. The van der Waals surface area contributed by atoms with Gasteiger partial charge in [0.05, 0.1) is 6.10 Å². The lowest BCUT2D eigenvalue weighted by molar-refractivity contribution is -0.126. The van der Waals surface area contributed by atoms with Gasteiger partial charge < -0.3 is 16.2 Å². The Labute approximate surface area is 91.2 Å². The van der Waals surface area contributed by atoms with Gasteiger partial charge in [0, 0.05) is 18.0 Å². The molecular weight excluding hydrogens is 192 g/mol. The lowest BCUT2D eigenvalue weighted by atomic mass is 9.92. The summed E-state index contributed by atoms with van der Waals surface area (Å²) in [6, 6.07) is 0.112. The van der Waals surface area contributed by atoms with Crippen LogP contribution in [0.5, 0.6) is 0 Å². The number of carbonyl (C=O) groups is 1. The van der Waals surface area contributed by atoms with Crippen molar-refractivity contribution in [1.82, 2.24) is 5.32 Å². The van der Waals surface area contributed by atoms with Crippen molar-refractivity contribution < 1.29 is 9.90 Å². The number of hydrogen-bond acceptors (Lipinski definition) is 3. The molecule has 1 rings (SSSR count). The predicted octanol–water partition coefficient (Wildman–Crippen LogP) is 0.389. The minimum absolute atomic E-state index is 0.0337. The first-order valence-electron chi connectivity index (χ1n) is 5.74. The Bertz CT molecular complexity index is 211. The van der Waals surface area contributed by atoms with E-state index in [0.29, 0.717) is 0 Å². The lowest BCUT2D eigenvalue weighted by Crippen LogP contribution is -2.45. The molecule has 4 nitrogen and oxygen atoms in total. The van der Waals surface area contributed by atoms with E-state index in [1.54, 1.807) is 0 Å². The molecule has 0 bridgehead atoms. The maximum atomic E-state index is 11.7. The number of nitrogens with one attached hydrogen (secondary N) is 1. The van der Waals surface area contributed by atoms with E-state index in [1.807, 2.05) is 13.8 Å². The molecule has 0 heterocycles. The molecule has 0 aromatic rings. The number of nitrogens with two attached hydrogens (primary N) is 1. The second kappa shape index (κ2) is 5.47. The number of aliphatic hydroxyl groups is 1. The monoisotopic (exact) mass is 214 g/mol. The first-order valence-corrected chi connectivity index (χ1v) is 5.74. The van der Waals surface area contributed by atoms with Crippen molar-refractivity contribution in [3.63, 3.8) is 0 Å². The summed E-state index contributed by atoms with van der Waals surface area (Å²) in [5.41, 5.74) is 5.66. The van der Waals surface area contributed by atoms with Gasteiger partial charge in [0.2, 0.25) is 5.91 Å². The molecule has 0 radical (unpaired) electrons. The zero-order chi connectivity index (χ0) is 11.4. The Balaban J connectivity index is 2.32. The van der Waals surface area contributed by atoms with Crippen molar-refractivity contribution in [2.45, 2.75) is 57.7 Å². The van der Waals surface area contributed by atoms with Gasteiger partial charge in [0.15, 0.2) is 0 Å². The quantitative estimate of drug-likeness (QED) is 0.636. The Morgan fingerprint density at radius 3 is 2.33 bits per heavy atom. The molecule has 0 aromatic heterocycles. The highest BCUT2D eigenvalue weighted by molar-refractivity contribution is 5.79. The van der Waals surface area contributed by atoms with Crippen molar-refractivity contribution in [2.75, 3.05) is 0 Å². The minimum atomic E-state index is -0.177. The van der Waals surface area contributed by atoms with E-state index < -0.39 is 0 Å². The van der Waals surface area contributed by atoms with Crippen molar-refractivity contribution in [3.8, 4) is 0 Å². The molecule has 0 aromatic carbocycles. The Morgan fingerprint density at radius 1 is 1.33 bits per heavy atom. The number of hydrogen-bond donors (Lipinski definition) is 3. The smallest absolute Gasteiger partial charge is 0.224 e. The number of carbonyl (C=O) groups excluding carboxylic acids is 1. The molecule has 0 saturated heterocycles. The predicted molar refractivity (Wildman–Crippen MR) is 59.2 cm³/mol. The van der Waals surface area contributed by atoms with Crippen LogP contribution in [-0.2, 0) is 4.79 Å². The first kappa shape index (κ1) is 12.5. The second-order valence-electron chi connectivity index (χ2n) is 4.66. The average molecular weight is 214 g/mol. The van der Waals surface area contributed by atoms with Gasteiger partial charge >= 0.3 is 0 Å². The molecule has 2 unspecified atom stereocenters. The molecule has 0 aliphatic heterocycles. The van der Waals surface area contributed by atoms with Crippen LogP contribution in [0.15, 0.2) is 0 Å². The molecule has 88 valence electrons. The van der Waals surface area contributed by atoms with Crippen LogP contribution >= 0.6 is 0 Å². The van der Waals surface area contributed by atoms with Gasteiger partial charge in [-0.2, -0.15) is 0 Å². The molecule has 15 heavy (non-hydrogen) atoms. The average Bonchev–Trinajstić information content (AvgIpc) is 2.20. The van der Waals surface area contributed by atoms with E-state index in [0.717, 1.165) is 25.7 Å². The standard InChI is InChI=1S/C11H22N2O2/c1-7(8(2)12)11(15)13-9-3-5-10(14)6-4-9/h7-10,14H,3-6,12H2,1-2H3,(H,13,15). The summed E-state index contributed by atoms with van der Waals surface area (Å²) in [6.07, 6.45) is 3.15. The largest absolute Gasteiger partial charge is 0.393 e. The van der Waals surface area contributed by atoms with Gasteiger partial charge in [0.1, 0.15) is 0 Å². The molecule has 1 aliphatic rings. The van der Waals surface area contributed by atoms with Crippen molar-refractivity contribution in [2.24, 2.45) is 11.7 Å². The molecule has 0 spiro atoms. The van der Waals surface area contributed by atoms with Crippen LogP contribution in [0.3, 0.4) is 0 Å². The zero-order valence-corrected chi connectivity index (χ0v) is 9.57. The summed E-state index contributed by atoms with van der Waals surface area (Å²) < 4.78 is 0. The Hall–Kier alpha value is -0.610. The van der Waals surface area contributed by atoms with Crippen molar-refractivity contribution in [1.29, 1.82) is 0 Å². The Morgan fingerprint density at radius 2 is 1.87 bits per heavy atom. The highest BCUT2D eigenvalue weighted by Crippen LogP contribution is 2.18. The highest BCUT2D eigenvalue weighted by atomic mass is 16.3. The van der Waals surface area contributed by atoms with E-state index >= 15 is 0 Å². The van der Waals surface area contributed by atoms with E-state index in [1.165, 1.54) is 0 Å². The molecule has 4 N–H and O–H groups in total. The normalized spacial score (nSPS) is 30.7. The third kappa shape index (κ3) is 3.80. The molecular formula is C11H22N2O2. The van der Waals surface area contributed by atoms with Gasteiger partial charge in [-0.25, -0.2) is 0 Å². The number of aliphatic hydroxyl groups excluding tert-OH is 1. The third-order valence-electron chi connectivity index (χ3n) is 3.25. The van der Waals surface area contributed by atoms with Crippen LogP contribution in [0.4, 0.5) is 0 Å². The molecule has 1 fully saturated rings. The van der Waals surface area contributed by atoms with Crippen molar-refractivity contribution in [3.05, 3.63) is 0 Å². The number of amides is 1. The minimum Gasteiger partial charge on any atom is -0.393 e. The summed E-state index contributed by atoms with van der Waals surface area (Å²) in [4.78, 5) is 11.7.